The largest absolute Gasteiger partial charge is 0.756 e. The number of rotatable bonds is 81. The van der Waals surface area contributed by atoms with Crippen LogP contribution in [0.4, 0.5) is 0 Å². The van der Waals surface area contributed by atoms with Crippen molar-refractivity contribution < 1.29 is 42.1 Å². The van der Waals surface area contributed by atoms with E-state index in [1.54, 1.807) is 0 Å². The first-order valence-corrected chi connectivity index (χ1v) is 44.9. The van der Waals surface area contributed by atoms with Gasteiger partial charge in [-0.25, -0.2) is 0 Å². The zero-order chi connectivity index (χ0) is 73.3. The molecule has 10 heteroatoms. The minimum atomic E-state index is -4.65. The first-order valence-electron chi connectivity index (χ1n) is 43.4. The molecule has 0 aromatic heterocycles. The Bertz CT molecular complexity index is 2030. The van der Waals surface area contributed by atoms with Crippen molar-refractivity contribution in [1.29, 1.82) is 0 Å². The smallest absolute Gasteiger partial charge is 0.306 e. The van der Waals surface area contributed by atoms with Gasteiger partial charge in [0.25, 0.3) is 7.82 Å². The van der Waals surface area contributed by atoms with Crippen molar-refractivity contribution in [3.8, 4) is 0 Å². The van der Waals surface area contributed by atoms with Crippen LogP contribution in [0.15, 0.2) is 97.2 Å². The summed E-state index contributed by atoms with van der Waals surface area (Å²) in [5.41, 5.74) is 0. The fourth-order valence-corrected chi connectivity index (χ4v) is 13.5. The van der Waals surface area contributed by atoms with Gasteiger partial charge in [-0.3, -0.25) is 14.2 Å². The van der Waals surface area contributed by atoms with Gasteiger partial charge in [0.2, 0.25) is 0 Å². The molecular weight excluding hydrogens is 1270 g/mol. The second kappa shape index (κ2) is 81.0. The molecule has 0 aromatic carbocycles. The van der Waals surface area contributed by atoms with E-state index in [0.29, 0.717) is 17.4 Å². The number of quaternary nitrogens is 1. The highest BCUT2D eigenvalue weighted by atomic mass is 31.2. The number of nitrogens with zero attached hydrogens (tertiary/aromatic N) is 1. The van der Waals surface area contributed by atoms with E-state index in [9.17, 15) is 19.0 Å². The number of phosphoric acid groups is 1. The minimum Gasteiger partial charge on any atom is -0.756 e. The maximum absolute atomic E-state index is 12.9. The molecule has 0 N–H and O–H groups in total. The van der Waals surface area contributed by atoms with Crippen molar-refractivity contribution in [1.82, 2.24) is 0 Å². The normalized spacial score (nSPS) is 13.4. The molecule has 0 aromatic rings. The fourth-order valence-electron chi connectivity index (χ4n) is 12.8. The molecule has 0 aliphatic heterocycles. The standard InChI is InChI=1S/C91H166NO8P/c1-6-8-10-12-14-16-18-20-22-24-26-28-30-32-34-36-38-40-42-44-45-46-48-49-51-53-55-57-59-61-63-65-67-69-71-73-75-77-79-81-83-90(93)97-87-89(88-99-101(95,96)98-86-85-92(3,4)5)100-91(94)84-82-80-78-76-74-72-70-68-66-64-62-60-58-56-54-52-50-47-43-41-39-37-35-33-31-29-27-25-23-21-19-17-15-13-11-9-7-2/h9,11,15,17,21,23,27,29,33,35,39,41,47,50,54,56,89H,6-8,10,12-14,16,18-20,22,24-26,28,30-32,34,36-38,40,42-46,48-49,51-53,55,57-88H2,1-5H3/b11-9-,17-15-,23-21-,29-27-,35-33-,41-39-,50-47-,56-54-. The zero-order valence-electron chi connectivity index (χ0n) is 67.4. The van der Waals surface area contributed by atoms with Crippen molar-refractivity contribution in [2.45, 2.75) is 424 Å². The number of likely N-dealkylation sites (N-methyl/N-ethyl adjacent to an activating group) is 1. The van der Waals surface area contributed by atoms with Crippen molar-refractivity contribution in [3.05, 3.63) is 97.2 Å². The molecule has 0 heterocycles. The summed E-state index contributed by atoms with van der Waals surface area (Å²) in [5, 5.41) is 0. The summed E-state index contributed by atoms with van der Waals surface area (Å²) in [7, 11) is 1.18. The number of ether oxygens (including phenoxy) is 2. The lowest BCUT2D eigenvalue weighted by Gasteiger charge is -2.28. The molecule has 9 nitrogen and oxygen atoms in total. The third-order valence-electron chi connectivity index (χ3n) is 19.4. The maximum atomic E-state index is 12.9. The summed E-state index contributed by atoms with van der Waals surface area (Å²) < 4.78 is 34.5. The van der Waals surface area contributed by atoms with E-state index >= 15 is 0 Å². The predicted molar refractivity (Wildman–Crippen MR) is 439 cm³/mol. The fraction of sp³-hybridized carbons (Fsp3) is 0.802. The van der Waals surface area contributed by atoms with Crippen LogP contribution in [0.25, 0.3) is 0 Å². The van der Waals surface area contributed by atoms with E-state index in [1.807, 2.05) is 21.1 Å². The van der Waals surface area contributed by atoms with Crippen LogP contribution in [0.3, 0.4) is 0 Å². The second-order valence-electron chi connectivity index (χ2n) is 30.5. The summed E-state index contributed by atoms with van der Waals surface area (Å²) in [6.07, 6.45) is 114. The molecule has 2 atom stereocenters. The molecule has 0 amide bonds. The van der Waals surface area contributed by atoms with Gasteiger partial charge < -0.3 is 27.9 Å². The SMILES string of the molecule is CC/C=C\C/C=C\C/C=C\C/C=C\C/C=C\C/C=C\C/C=C\C/C=C\CCCCCCCCCCCCCCC(=O)OC(COC(=O)CCCCCCCCCCCCCCCCCCCCCCCCCCCCCCCCCCCCCCCCCC)COP(=O)([O-])OCC[N+](C)(C)C. The van der Waals surface area contributed by atoms with Crippen LogP contribution in [-0.2, 0) is 32.7 Å². The van der Waals surface area contributed by atoms with Crippen LogP contribution in [0, 0.1) is 0 Å². The summed E-state index contributed by atoms with van der Waals surface area (Å²) >= 11 is 0. The summed E-state index contributed by atoms with van der Waals surface area (Å²) in [6, 6.07) is 0. The second-order valence-corrected chi connectivity index (χ2v) is 31.9. The van der Waals surface area contributed by atoms with Crippen molar-refractivity contribution in [3.63, 3.8) is 0 Å². The van der Waals surface area contributed by atoms with E-state index in [0.717, 1.165) is 89.9 Å². The zero-order valence-corrected chi connectivity index (χ0v) is 68.2. The van der Waals surface area contributed by atoms with Gasteiger partial charge in [-0.1, -0.05) is 426 Å². The monoisotopic (exact) mass is 1430 g/mol. The number of carbonyl (C=O) groups is 2. The molecule has 0 bridgehead atoms. The lowest BCUT2D eigenvalue weighted by atomic mass is 10.0. The average molecular weight is 1430 g/mol. The molecule has 0 saturated heterocycles. The molecule has 0 radical (unpaired) electrons. The van der Waals surface area contributed by atoms with Gasteiger partial charge in [-0.2, -0.15) is 0 Å². The van der Waals surface area contributed by atoms with Crippen LogP contribution in [0.1, 0.15) is 418 Å². The number of hydrogen-bond acceptors (Lipinski definition) is 8. The van der Waals surface area contributed by atoms with Crippen LogP contribution < -0.4 is 4.89 Å². The summed E-state index contributed by atoms with van der Waals surface area (Å²) in [4.78, 5) is 38.2. The van der Waals surface area contributed by atoms with Gasteiger partial charge >= 0.3 is 11.9 Å². The molecule has 2 unspecified atom stereocenters. The summed E-state index contributed by atoms with van der Waals surface area (Å²) in [5.74, 6) is -0.820. The van der Waals surface area contributed by atoms with E-state index in [2.05, 4.69) is 111 Å². The topological polar surface area (TPSA) is 111 Å². The van der Waals surface area contributed by atoms with Crippen molar-refractivity contribution in [2.24, 2.45) is 0 Å². The highest BCUT2D eigenvalue weighted by molar-refractivity contribution is 7.45. The Morgan fingerprint density at radius 1 is 0.317 bits per heavy atom. The van der Waals surface area contributed by atoms with Crippen LogP contribution >= 0.6 is 7.82 Å². The number of phosphoric ester groups is 1. The number of unbranched alkanes of at least 4 members (excludes halogenated alkanes) is 51. The number of allylic oxidation sites excluding steroid dienone is 16. The van der Waals surface area contributed by atoms with Crippen LogP contribution in [0.2, 0.25) is 0 Å². The Morgan fingerprint density at radius 3 is 0.842 bits per heavy atom. The molecule has 0 saturated carbocycles. The Kier molecular flexibility index (Phi) is 78.6. The molecular formula is C91H166NO8P. The Morgan fingerprint density at radius 2 is 0.564 bits per heavy atom. The molecule has 0 aliphatic carbocycles. The van der Waals surface area contributed by atoms with Gasteiger partial charge in [0, 0.05) is 12.8 Å². The van der Waals surface area contributed by atoms with E-state index in [4.69, 9.17) is 18.5 Å². The third-order valence-corrected chi connectivity index (χ3v) is 20.3. The summed E-state index contributed by atoms with van der Waals surface area (Å²) in [6.45, 7) is 4.18. The van der Waals surface area contributed by atoms with Crippen LogP contribution in [0.5, 0.6) is 0 Å². The Balaban J connectivity index is 3.91. The van der Waals surface area contributed by atoms with Gasteiger partial charge in [0.1, 0.15) is 19.8 Å². The minimum absolute atomic E-state index is 0.0324. The van der Waals surface area contributed by atoms with Gasteiger partial charge in [-0.15, -0.1) is 0 Å². The molecule has 0 fully saturated rings. The third kappa shape index (κ3) is 85.7. The lowest BCUT2D eigenvalue weighted by Crippen LogP contribution is -2.37. The first kappa shape index (κ1) is 97.9. The number of esters is 2. The number of hydrogen-bond donors (Lipinski definition) is 0. The average Bonchev–Trinajstić information content (AvgIpc) is 0.958. The molecule has 588 valence electrons. The van der Waals surface area contributed by atoms with Gasteiger partial charge in [-0.05, 0) is 77.0 Å². The van der Waals surface area contributed by atoms with Crippen molar-refractivity contribution in [2.75, 3.05) is 47.5 Å². The predicted octanol–water partition coefficient (Wildman–Crippen LogP) is 28.7. The van der Waals surface area contributed by atoms with E-state index in [-0.39, 0.29) is 32.0 Å². The lowest BCUT2D eigenvalue weighted by molar-refractivity contribution is -0.870. The van der Waals surface area contributed by atoms with E-state index in [1.165, 1.54) is 295 Å². The molecule has 0 aliphatic rings. The maximum Gasteiger partial charge on any atom is 0.306 e. The quantitative estimate of drug-likeness (QED) is 0.0195. The van der Waals surface area contributed by atoms with Gasteiger partial charge in [0.15, 0.2) is 6.10 Å². The highest BCUT2D eigenvalue weighted by Gasteiger charge is 2.22. The molecule has 0 rings (SSSR count). The molecule has 0 spiro atoms. The highest BCUT2D eigenvalue weighted by Crippen LogP contribution is 2.38. The van der Waals surface area contributed by atoms with Gasteiger partial charge in [0.05, 0.1) is 27.7 Å². The molecule has 101 heavy (non-hydrogen) atoms. The Hall–Kier alpha value is -3.07. The van der Waals surface area contributed by atoms with Crippen LogP contribution in [-0.4, -0.2) is 70.0 Å². The van der Waals surface area contributed by atoms with Crippen molar-refractivity contribution >= 4 is 19.8 Å². The first-order chi connectivity index (χ1) is 49.5. The Labute approximate surface area is 627 Å². The number of carbonyl (C=O) groups excluding carboxylic acids is 2. The van der Waals surface area contributed by atoms with E-state index < -0.39 is 26.5 Å².